The molecular weight excluding hydrogens is 370 g/mol. The van der Waals surface area contributed by atoms with Gasteiger partial charge in [0.1, 0.15) is 5.82 Å². The quantitative estimate of drug-likeness (QED) is 0.628. The highest BCUT2D eigenvalue weighted by Gasteiger charge is 2.35. The van der Waals surface area contributed by atoms with E-state index in [-0.39, 0.29) is 36.4 Å². The zero-order chi connectivity index (χ0) is 20.5. The van der Waals surface area contributed by atoms with Crippen LogP contribution in [0.25, 0.3) is 11.0 Å². The van der Waals surface area contributed by atoms with E-state index in [2.05, 4.69) is 20.3 Å². The predicted molar refractivity (Wildman–Crippen MR) is 106 cm³/mol. The number of H-pyrrole nitrogens is 1. The van der Waals surface area contributed by atoms with E-state index in [0.717, 1.165) is 15.9 Å². The first-order chi connectivity index (χ1) is 14.0. The zero-order valence-electron chi connectivity index (χ0n) is 16.2. The van der Waals surface area contributed by atoms with E-state index < -0.39 is 11.8 Å². The number of amides is 3. The van der Waals surface area contributed by atoms with Crippen molar-refractivity contribution in [3.63, 3.8) is 0 Å². The van der Waals surface area contributed by atoms with Crippen molar-refractivity contribution in [3.8, 4) is 0 Å². The molecule has 1 aliphatic rings. The molecule has 0 saturated carbocycles. The monoisotopic (exact) mass is 391 g/mol. The van der Waals surface area contributed by atoms with E-state index in [4.69, 9.17) is 0 Å². The fraction of sp³-hybridized carbons (Fsp3) is 0.286. The van der Waals surface area contributed by atoms with Gasteiger partial charge in [-0.25, -0.2) is 4.98 Å². The van der Waals surface area contributed by atoms with Crippen LogP contribution in [0.1, 0.15) is 52.9 Å². The van der Waals surface area contributed by atoms with Crippen LogP contribution in [0.4, 0.5) is 0 Å². The van der Waals surface area contributed by atoms with Crippen LogP contribution in [-0.4, -0.2) is 44.1 Å². The lowest BCUT2D eigenvalue weighted by atomic mass is 10.0. The molecule has 0 spiro atoms. The fourth-order valence-corrected chi connectivity index (χ4v) is 3.47. The average molecular weight is 391 g/mol. The number of hydrogen-bond acceptors (Lipinski definition) is 5. The van der Waals surface area contributed by atoms with Crippen molar-refractivity contribution >= 4 is 28.8 Å². The van der Waals surface area contributed by atoms with Crippen molar-refractivity contribution < 1.29 is 14.4 Å². The van der Waals surface area contributed by atoms with Crippen LogP contribution in [0.2, 0.25) is 0 Å². The summed E-state index contributed by atoms with van der Waals surface area (Å²) >= 11 is 0. The number of imidazole rings is 1. The molecule has 3 amide bonds. The molecule has 8 heteroatoms. The van der Waals surface area contributed by atoms with Crippen molar-refractivity contribution in [2.24, 2.45) is 5.92 Å². The smallest absolute Gasteiger partial charge is 0.263 e. The number of aromatic nitrogens is 3. The van der Waals surface area contributed by atoms with Gasteiger partial charge in [0.15, 0.2) is 0 Å². The minimum atomic E-state index is -0.413. The Morgan fingerprint density at radius 3 is 2.62 bits per heavy atom. The molecule has 2 N–H and O–H groups in total. The maximum Gasteiger partial charge on any atom is 0.263 e. The lowest BCUT2D eigenvalue weighted by Crippen LogP contribution is -2.37. The largest absolute Gasteiger partial charge is 0.346 e. The minimum absolute atomic E-state index is 0.0162. The number of para-hydroxylation sites is 2. The molecule has 3 heterocycles. The molecule has 0 radical (unpaired) electrons. The highest BCUT2D eigenvalue weighted by molar-refractivity contribution is 6.21. The van der Waals surface area contributed by atoms with Gasteiger partial charge in [-0.15, -0.1) is 0 Å². The second-order valence-corrected chi connectivity index (χ2v) is 7.36. The van der Waals surface area contributed by atoms with Crippen LogP contribution in [0.5, 0.6) is 0 Å². The van der Waals surface area contributed by atoms with Gasteiger partial charge in [0.2, 0.25) is 5.91 Å². The second-order valence-electron chi connectivity index (χ2n) is 7.36. The van der Waals surface area contributed by atoms with Crippen LogP contribution < -0.4 is 5.32 Å². The number of imide groups is 1. The molecular formula is C21H21N5O3. The predicted octanol–water partition coefficient (Wildman–Crippen LogP) is 2.46. The number of fused-ring (bicyclic) bond motifs is 2. The number of nitrogens with one attached hydrogen (secondary N) is 2. The Labute approximate surface area is 167 Å². The van der Waals surface area contributed by atoms with Crippen molar-refractivity contribution in [2.45, 2.75) is 26.3 Å². The summed E-state index contributed by atoms with van der Waals surface area (Å²) < 4.78 is 0. The number of hydrogen-bond donors (Lipinski definition) is 2. The average Bonchev–Trinajstić information content (AvgIpc) is 3.24. The molecule has 29 heavy (non-hydrogen) atoms. The fourth-order valence-electron chi connectivity index (χ4n) is 3.47. The van der Waals surface area contributed by atoms with Gasteiger partial charge in [-0.2, -0.15) is 0 Å². The number of aromatic amines is 1. The lowest BCUT2D eigenvalue weighted by Gasteiger charge is -2.21. The standard InChI is InChI=1S/C21H21N5O3/c1-12(2)18(19-23-15-5-3-4-6-16(15)24-19)25-17(27)8-10-26-20(28)13-7-9-22-11-14(13)21(26)29/h3-7,9,11-12,18H,8,10H2,1-2H3,(H,23,24)(H,25,27). The van der Waals surface area contributed by atoms with Crippen molar-refractivity contribution in [1.82, 2.24) is 25.2 Å². The zero-order valence-corrected chi connectivity index (χ0v) is 16.2. The SMILES string of the molecule is CC(C)C(NC(=O)CCN1C(=O)c2ccncc2C1=O)c1nc2ccccc2[nH]1. The van der Waals surface area contributed by atoms with E-state index in [9.17, 15) is 14.4 Å². The van der Waals surface area contributed by atoms with Gasteiger partial charge < -0.3 is 10.3 Å². The Morgan fingerprint density at radius 1 is 1.14 bits per heavy atom. The summed E-state index contributed by atoms with van der Waals surface area (Å²) in [5.41, 5.74) is 2.34. The second kappa shape index (κ2) is 7.46. The van der Waals surface area contributed by atoms with Gasteiger partial charge in [0.25, 0.3) is 11.8 Å². The Morgan fingerprint density at radius 2 is 1.90 bits per heavy atom. The van der Waals surface area contributed by atoms with Crippen molar-refractivity contribution in [1.29, 1.82) is 0 Å². The van der Waals surface area contributed by atoms with E-state index in [1.54, 1.807) is 0 Å². The minimum Gasteiger partial charge on any atom is -0.346 e. The Balaban J connectivity index is 1.43. The summed E-state index contributed by atoms with van der Waals surface area (Å²) in [6.45, 7) is 4.01. The molecule has 0 bridgehead atoms. The van der Waals surface area contributed by atoms with Crippen molar-refractivity contribution in [2.75, 3.05) is 6.54 Å². The van der Waals surface area contributed by atoms with Crippen LogP contribution in [0, 0.1) is 5.92 Å². The summed E-state index contributed by atoms with van der Waals surface area (Å²) in [5, 5.41) is 2.97. The Bertz CT molecular complexity index is 1040. The number of benzene rings is 1. The molecule has 148 valence electrons. The first-order valence-electron chi connectivity index (χ1n) is 9.50. The summed E-state index contributed by atoms with van der Waals surface area (Å²) in [5.74, 6) is -0.272. The lowest BCUT2D eigenvalue weighted by molar-refractivity contribution is -0.122. The molecule has 0 fully saturated rings. The maximum absolute atomic E-state index is 12.6. The molecule has 0 saturated heterocycles. The first-order valence-corrected chi connectivity index (χ1v) is 9.50. The molecule has 1 atom stereocenters. The highest BCUT2D eigenvalue weighted by Crippen LogP contribution is 2.23. The van der Waals surface area contributed by atoms with Gasteiger partial charge in [0, 0.05) is 25.4 Å². The van der Waals surface area contributed by atoms with E-state index in [1.165, 1.54) is 18.5 Å². The highest BCUT2D eigenvalue weighted by atomic mass is 16.2. The summed E-state index contributed by atoms with van der Waals surface area (Å²) in [6.07, 6.45) is 2.87. The number of rotatable bonds is 6. The Hall–Kier alpha value is -3.55. The summed E-state index contributed by atoms with van der Waals surface area (Å²) in [6, 6.07) is 8.89. The summed E-state index contributed by atoms with van der Waals surface area (Å²) in [4.78, 5) is 50.2. The first kappa shape index (κ1) is 18.8. The van der Waals surface area contributed by atoms with Gasteiger partial charge >= 0.3 is 0 Å². The van der Waals surface area contributed by atoms with Gasteiger partial charge in [-0.1, -0.05) is 26.0 Å². The number of carbonyl (C=O) groups is 3. The third-order valence-corrected chi connectivity index (χ3v) is 5.02. The van der Waals surface area contributed by atoms with Gasteiger partial charge in [-0.3, -0.25) is 24.3 Å². The number of pyridine rings is 1. The molecule has 1 aromatic carbocycles. The number of carbonyl (C=O) groups excluding carboxylic acids is 3. The molecule has 1 aliphatic heterocycles. The van der Waals surface area contributed by atoms with Crippen LogP contribution in [-0.2, 0) is 4.79 Å². The van der Waals surface area contributed by atoms with E-state index >= 15 is 0 Å². The maximum atomic E-state index is 12.6. The Kier molecular flexibility index (Phi) is 4.84. The van der Waals surface area contributed by atoms with Crippen LogP contribution >= 0.6 is 0 Å². The number of nitrogens with zero attached hydrogens (tertiary/aromatic N) is 3. The third kappa shape index (κ3) is 3.49. The third-order valence-electron chi connectivity index (χ3n) is 5.02. The van der Waals surface area contributed by atoms with E-state index in [0.29, 0.717) is 11.4 Å². The van der Waals surface area contributed by atoms with Gasteiger partial charge in [-0.05, 0) is 24.1 Å². The summed E-state index contributed by atoms with van der Waals surface area (Å²) in [7, 11) is 0. The van der Waals surface area contributed by atoms with E-state index in [1.807, 2.05) is 38.1 Å². The molecule has 4 rings (SSSR count). The van der Waals surface area contributed by atoms with Crippen molar-refractivity contribution in [3.05, 3.63) is 59.7 Å². The van der Waals surface area contributed by atoms with Crippen LogP contribution in [0.15, 0.2) is 42.7 Å². The van der Waals surface area contributed by atoms with Gasteiger partial charge in [0.05, 0.1) is 28.2 Å². The molecule has 3 aromatic rings. The normalized spacial score (nSPS) is 14.5. The molecule has 1 unspecified atom stereocenters. The molecule has 0 aliphatic carbocycles. The molecule has 8 nitrogen and oxygen atoms in total. The van der Waals surface area contributed by atoms with Crippen LogP contribution in [0.3, 0.4) is 0 Å². The topological polar surface area (TPSA) is 108 Å². The molecule has 2 aromatic heterocycles.